The fourth-order valence-corrected chi connectivity index (χ4v) is 3.97. The zero-order valence-electron chi connectivity index (χ0n) is 13.6. The number of ether oxygens (including phenoxy) is 1. The van der Waals surface area contributed by atoms with E-state index in [1.54, 1.807) is 0 Å². The van der Waals surface area contributed by atoms with Crippen LogP contribution in [0.5, 0.6) is 0 Å². The molecule has 1 aromatic rings. The van der Waals surface area contributed by atoms with Crippen LogP contribution < -0.4 is 10.2 Å². The topological polar surface area (TPSA) is 78.9 Å². The van der Waals surface area contributed by atoms with Gasteiger partial charge < -0.3 is 15.0 Å². The number of hydrogen-bond acceptors (Lipinski definition) is 5. The lowest BCUT2D eigenvalue weighted by Gasteiger charge is -2.35. The summed E-state index contributed by atoms with van der Waals surface area (Å²) in [6.07, 6.45) is 0. The van der Waals surface area contributed by atoms with Crippen LogP contribution >= 0.6 is 11.6 Å². The number of halogens is 1. The van der Waals surface area contributed by atoms with Crippen LogP contribution in [0.1, 0.15) is 0 Å². The Labute approximate surface area is 147 Å². The maximum absolute atomic E-state index is 12.3. The molecule has 7 nitrogen and oxygen atoms in total. The number of sulfonamides is 1. The quantitative estimate of drug-likeness (QED) is 0.753. The summed E-state index contributed by atoms with van der Waals surface area (Å²) in [5, 5.41) is 3.20. The molecule has 24 heavy (non-hydrogen) atoms. The van der Waals surface area contributed by atoms with Crippen molar-refractivity contribution in [2.45, 2.75) is 0 Å². The number of nitrogens with one attached hydrogen (secondary N) is 1. The van der Waals surface area contributed by atoms with Crippen LogP contribution in [0.15, 0.2) is 24.3 Å². The van der Waals surface area contributed by atoms with Crippen molar-refractivity contribution in [2.75, 3.05) is 57.1 Å². The first-order chi connectivity index (χ1) is 11.4. The van der Waals surface area contributed by atoms with Crippen LogP contribution in [0.2, 0.25) is 5.02 Å². The monoisotopic (exact) mass is 375 g/mol. The minimum Gasteiger partial charge on any atom is -0.375 e. The minimum absolute atomic E-state index is 0.0696. The second-order valence-electron chi connectivity index (χ2n) is 5.46. The predicted molar refractivity (Wildman–Crippen MR) is 93.9 cm³/mol. The Morgan fingerprint density at radius 1 is 1.21 bits per heavy atom. The van der Waals surface area contributed by atoms with Gasteiger partial charge >= 0.3 is 0 Å². The van der Waals surface area contributed by atoms with Crippen molar-refractivity contribution in [1.29, 1.82) is 0 Å². The van der Waals surface area contributed by atoms with Crippen LogP contribution in [0.4, 0.5) is 5.69 Å². The fraction of sp³-hybridized carbons (Fsp3) is 0.533. The van der Waals surface area contributed by atoms with Crippen LogP contribution in [0.3, 0.4) is 0 Å². The third-order valence-electron chi connectivity index (χ3n) is 3.78. The lowest BCUT2D eigenvalue weighted by molar-refractivity contribution is -0.124. The van der Waals surface area contributed by atoms with Crippen LogP contribution in [-0.4, -0.2) is 70.8 Å². The molecule has 134 valence electrons. The molecule has 0 radical (unpaired) electrons. The normalized spacial score (nSPS) is 16.2. The van der Waals surface area contributed by atoms with E-state index in [9.17, 15) is 13.2 Å². The van der Waals surface area contributed by atoms with Crippen LogP contribution in [0, 0.1) is 0 Å². The Bertz CT molecular complexity index is 643. The highest BCUT2D eigenvalue weighted by Gasteiger charge is 2.26. The smallest absolute Gasteiger partial charge is 0.246 e. The summed E-state index contributed by atoms with van der Waals surface area (Å²) < 4.78 is 30.8. The molecule has 0 bridgehead atoms. The van der Waals surface area contributed by atoms with E-state index in [1.165, 1.54) is 11.4 Å². The van der Waals surface area contributed by atoms with E-state index in [1.807, 2.05) is 24.3 Å². The maximum atomic E-state index is 12.3. The lowest BCUT2D eigenvalue weighted by Crippen LogP contribution is -2.50. The van der Waals surface area contributed by atoms with Crippen molar-refractivity contribution in [1.82, 2.24) is 9.62 Å². The highest BCUT2D eigenvalue weighted by molar-refractivity contribution is 7.89. The molecule has 2 rings (SSSR count). The molecule has 0 saturated carbocycles. The summed E-state index contributed by atoms with van der Waals surface area (Å²) in [7, 11) is -1.96. The van der Waals surface area contributed by atoms with E-state index in [2.05, 4.69) is 15.0 Å². The molecule has 9 heteroatoms. The molecule has 1 fully saturated rings. The first kappa shape index (κ1) is 19.0. The molecule has 0 spiro atoms. The third-order valence-corrected chi connectivity index (χ3v) is 5.91. The Morgan fingerprint density at radius 2 is 1.83 bits per heavy atom. The van der Waals surface area contributed by atoms with Gasteiger partial charge in [-0.05, 0) is 24.3 Å². The van der Waals surface area contributed by atoms with Crippen molar-refractivity contribution in [3.05, 3.63) is 29.3 Å². The number of amides is 1. The van der Waals surface area contributed by atoms with E-state index < -0.39 is 10.0 Å². The second kappa shape index (κ2) is 8.66. The molecule has 1 aliphatic rings. The number of carbonyl (C=O) groups excluding carboxylic acids is 1. The van der Waals surface area contributed by atoms with Crippen molar-refractivity contribution in [3.63, 3.8) is 0 Å². The average molecular weight is 376 g/mol. The van der Waals surface area contributed by atoms with E-state index in [-0.39, 0.29) is 24.8 Å². The van der Waals surface area contributed by atoms with Gasteiger partial charge in [0.1, 0.15) is 6.61 Å². The first-order valence-electron chi connectivity index (χ1n) is 7.66. The zero-order valence-corrected chi connectivity index (χ0v) is 15.1. The van der Waals surface area contributed by atoms with Crippen molar-refractivity contribution in [2.24, 2.45) is 0 Å². The number of nitrogens with zero attached hydrogens (tertiary/aromatic N) is 2. The largest absolute Gasteiger partial charge is 0.375 e. The summed E-state index contributed by atoms with van der Waals surface area (Å²) in [6, 6.07) is 7.50. The number of benzene rings is 1. The second-order valence-corrected chi connectivity index (χ2v) is 7.99. The maximum Gasteiger partial charge on any atom is 0.246 e. The number of hydrogen-bond donors (Lipinski definition) is 1. The van der Waals surface area contributed by atoms with Gasteiger partial charge in [0, 0.05) is 50.5 Å². The van der Waals surface area contributed by atoms with Crippen LogP contribution in [-0.2, 0) is 19.6 Å². The number of piperazine rings is 1. The van der Waals surface area contributed by atoms with E-state index in [4.69, 9.17) is 11.6 Å². The van der Waals surface area contributed by atoms with Gasteiger partial charge in [0.25, 0.3) is 0 Å². The fourth-order valence-electron chi connectivity index (χ4n) is 2.51. The molecule has 0 unspecified atom stereocenters. The molecular formula is C15H22ClN3O4S. The van der Waals surface area contributed by atoms with Crippen LogP contribution in [0.25, 0.3) is 0 Å². The molecule has 1 aliphatic heterocycles. The van der Waals surface area contributed by atoms with Gasteiger partial charge in [-0.2, -0.15) is 4.31 Å². The van der Waals surface area contributed by atoms with Gasteiger partial charge in [0.15, 0.2) is 0 Å². The molecule has 1 saturated heterocycles. The Morgan fingerprint density at radius 3 is 2.42 bits per heavy atom. The molecule has 1 amide bonds. The number of rotatable bonds is 7. The van der Waals surface area contributed by atoms with Crippen molar-refractivity contribution < 1.29 is 17.9 Å². The summed E-state index contributed by atoms with van der Waals surface area (Å²) >= 11 is 5.88. The standard InChI is InChI=1S/C15H22ClN3O4S/c1-23-12-15(20)17-6-11-24(21,22)19-9-7-18(8-10-19)14-4-2-13(16)3-5-14/h2-5H,6-12H2,1H3,(H,17,20). The summed E-state index contributed by atoms with van der Waals surface area (Å²) in [4.78, 5) is 13.4. The first-order valence-corrected chi connectivity index (χ1v) is 9.65. The highest BCUT2D eigenvalue weighted by Crippen LogP contribution is 2.20. The van der Waals surface area contributed by atoms with Gasteiger partial charge in [-0.1, -0.05) is 11.6 Å². The van der Waals surface area contributed by atoms with E-state index in [0.717, 1.165) is 5.69 Å². The van der Waals surface area contributed by atoms with E-state index in [0.29, 0.717) is 31.2 Å². The van der Waals surface area contributed by atoms with Crippen molar-refractivity contribution in [3.8, 4) is 0 Å². The molecular weight excluding hydrogens is 354 g/mol. The third kappa shape index (κ3) is 5.34. The summed E-state index contributed by atoms with van der Waals surface area (Å²) in [5.74, 6) is -0.427. The Hall–Kier alpha value is -1.35. The number of anilines is 1. The van der Waals surface area contributed by atoms with Gasteiger partial charge in [0.2, 0.25) is 15.9 Å². The predicted octanol–water partition coefficient (Wildman–Crippen LogP) is 0.554. The number of methoxy groups -OCH3 is 1. The summed E-state index contributed by atoms with van der Waals surface area (Å²) in [5.41, 5.74) is 1.03. The lowest BCUT2D eigenvalue weighted by atomic mass is 10.2. The molecule has 0 atom stereocenters. The molecule has 1 aromatic carbocycles. The number of carbonyl (C=O) groups is 1. The average Bonchev–Trinajstić information content (AvgIpc) is 2.56. The van der Waals surface area contributed by atoms with Gasteiger partial charge in [-0.3, -0.25) is 4.79 Å². The molecule has 0 aromatic heterocycles. The van der Waals surface area contributed by atoms with Crippen molar-refractivity contribution >= 4 is 33.2 Å². The van der Waals surface area contributed by atoms with Gasteiger partial charge in [0.05, 0.1) is 5.75 Å². The zero-order chi connectivity index (χ0) is 17.6. The highest BCUT2D eigenvalue weighted by atomic mass is 35.5. The van der Waals surface area contributed by atoms with Gasteiger partial charge in [-0.15, -0.1) is 0 Å². The summed E-state index contributed by atoms with van der Waals surface area (Å²) in [6.45, 7) is 2.11. The van der Waals surface area contributed by atoms with Gasteiger partial charge in [-0.25, -0.2) is 8.42 Å². The molecule has 0 aliphatic carbocycles. The minimum atomic E-state index is -3.38. The SMILES string of the molecule is COCC(=O)NCCS(=O)(=O)N1CCN(c2ccc(Cl)cc2)CC1. The van der Waals surface area contributed by atoms with E-state index >= 15 is 0 Å². The molecule has 1 N–H and O–H groups in total. The Kier molecular flexibility index (Phi) is 6.85. The molecule has 1 heterocycles. The Balaban J connectivity index is 1.82.